The van der Waals surface area contributed by atoms with Crippen molar-refractivity contribution >= 4 is 10.8 Å². The monoisotopic (exact) mass is 356 g/mol. The van der Waals surface area contributed by atoms with Crippen molar-refractivity contribution < 1.29 is 0 Å². The zero-order valence-corrected chi connectivity index (χ0v) is 16.1. The van der Waals surface area contributed by atoms with Crippen LogP contribution in [-0.4, -0.2) is 0 Å². The molecule has 4 aromatic carbocycles. The fourth-order valence-electron chi connectivity index (χ4n) is 3.71. The van der Waals surface area contributed by atoms with Crippen LogP contribution < -0.4 is 0 Å². The van der Waals surface area contributed by atoms with Crippen LogP contribution in [0.5, 0.6) is 0 Å². The summed E-state index contributed by atoms with van der Waals surface area (Å²) >= 11 is 0. The Morgan fingerprint density at radius 2 is 1.07 bits per heavy atom. The van der Waals surface area contributed by atoms with Gasteiger partial charge in [0.1, 0.15) is 0 Å². The molecule has 132 valence electrons. The summed E-state index contributed by atoms with van der Waals surface area (Å²) in [7, 11) is 0. The Balaban J connectivity index is 2.12. The molecular formula is C28H20. The molecule has 0 heterocycles. The number of fused-ring (bicyclic) bond motifs is 1. The van der Waals surface area contributed by atoms with E-state index in [0.29, 0.717) is 0 Å². The van der Waals surface area contributed by atoms with Gasteiger partial charge in [0, 0.05) is 16.7 Å². The fraction of sp³-hybridized carbons (Fsp3) is 0.0714. The van der Waals surface area contributed by atoms with Crippen LogP contribution in [0.1, 0.15) is 25.0 Å². The lowest BCUT2D eigenvalue weighted by atomic mass is 9.86. The summed E-state index contributed by atoms with van der Waals surface area (Å²) in [5.74, 6) is 12.7. The summed E-state index contributed by atoms with van der Waals surface area (Å²) in [5.41, 5.74) is 6.74. The van der Waals surface area contributed by atoms with Crippen LogP contribution in [0.15, 0.2) is 84.9 Å². The van der Waals surface area contributed by atoms with E-state index >= 15 is 0 Å². The third-order valence-corrected chi connectivity index (χ3v) is 4.86. The number of hydrogen-bond donors (Lipinski definition) is 0. The molecule has 0 nitrogen and oxygen atoms in total. The topological polar surface area (TPSA) is 0 Å². The second kappa shape index (κ2) is 7.87. The van der Waals surface area contributed by atoms with E-state index in [9.17, 15) is 0 Å². The molecule has 28 heavy (non-hydrogen) atoms. The van der Waals surface area contributed by atoms with Gasteiger partial charge >= 0.3 is 0 Å². The average molecular weight is 356 g/mol. The number of benzene rings is 4. The van der Waals surface area contributed by atoms with Crippen molar-refractivity contribution in [3.63, 3.8) is 0 Å². The van der Waals surface area contributed by atoms with Gasteiger partial charge in [-0.15, -0.1) is 11.8 Å². The molecule has 0 aliphatic heterocycles. The van der Waals surface area contributed by atoms with Crippen LogP contribution in [0.4, 0.5) is 0 Å². The summed E-state index contributed by atoms with van der Waals surface area (Å²) < 4.78 is 0. The van der Waals surface area contributed by atoms with Gasteiger partial charge in [-0.05, 0) is 53.4 Å². The molecule has 0 heteroatoms. The second-order valence-electron chi connectivity index (χ2n) is 6.55. The van der Waals surface area contributed by atoms with Crippen molar-refractivity contribution in [3.05, 3.63) is 96.1 Å². The Morgan fingerprint density at radius 1 is 0.500 bits per heavy atom. The van der Waals surface area contributed by atoms with E-state index in [-0.39, 0.29) is 0 Å². The van der Waals surface area contributed by atoms with E-state index in [1.165, 1.54) is 21.9 Å². The van der Waals surface area contributed by atoms with Crippen molar-refractivity contribution in [1.29, 1.82) is 0 Å². The Kier molecular flexibility index (Phi) is 4.97. The van der Waals surface area contributed by atoms with E-state index < -0.39 is 0 Å². The molecule has 0 spiro atoms. The molecule has 0 N–H and O–H groups in total. The molecular weight excluding hydrogens is 336 g/mol. The molecule has 0 atom stereocenters. The number of hydrogen-bond acceptors (Lipinski definition) is 0. The lowest BCUT2D eigenvalue weighted by molar-refractivity contribution is 1.55. The summed E-state index contributed by atoms with van der Waals surface area (Å²) in [6.07, 6.45) is 0. The lowest BCUT2D eigenvalue weighted by Crippen LogP contribution is -1.93. The smallest absolute Gasteiger partial charge is 0.0330 e. The Labute approximate surface area is 166 Å². The van der Waals surface area contributed by atoms with Crippen LogP contribution in [0.3, 0.4) is 0 Å². The van der Waals surface area contributed by atoms with E-state index in [4.69, 9.17) is 0 Å². The van der Waals surface area contributed by atoms with Crippen LogP contribution in [0.2, 0.25) is 0 Å². The summed E-state index contributed by atoms with van der Waals surface area (Å²) in [6, 6.07) is 29.7. The highest BCUT2D eigenvalue weighted by Gasteiger charge is 2.15. The quantitative estimate of drug-likeness (QED) is 0.342. The van der Waals surface area contributed by atoms with Crippen LogP contribution in [0, 0.1) is 23.7 Å². The van der Waals surface area contributed by atoms with Gasteiger partial charge in [0.2, 0.25) is 0 Å². The predicted molar refractivity (Wildman–Crippen MR) is 120 cm³/mol. The van der Waals surface area contributed by atoms with E-state index in [1.807, 2.05) is 19.9 Å². The number of rotatable bonds is 2. The van der Waals surface area contributed by atoms with Gasteiger partial charge in [0.05, 0.1) is 0 Å². The van der Waals surface area contributed by atoms with Gasteiger partial charge in [-0.1, -0.05) is 84.6 Å². The van der Waals surface area contributed by atoms with Crippen molar-refractivity contribution in [2.75, 3.05) is 0 Å². The minimum Gasteiger partial charge on any atom is -0.101 e. The van der Waals surface area contributed by atoms with Gasteiger partial charge in [0.15, 0.2) is 0 Å². The maximum Gasteiger partial charge on any atom is 0.0330 e. The van der Waals surface area contributed by atoms with Crippen LogP contribution in [-0.2, 0) is 0 Å². The standard InChI is InChI=1S/C28H20/c1-3-11-21-13-5-7-17-24(21)26-20-10-16-23(12-4-2)28(26)27-19-9-15-22-14-6-8-18-25(22)27/h5-10,13-20H,1-2H3. The van der Waals surface area contributed by atoms with Crippen molar-refractivity contribution in [3.8, 4) is 45.9 Å². The molecule has 0 saturated carbocycles. The first-order valence-electron chi connectivity index (χ1n) is 9.39. The van der Waals surface area contributed by atoms with E-state index in [2.05, 4.69) is 103 Å². The predicted octanol–water partition coefficient (Wildman–Crippen LogP) is 6.92. The normalized spacial score (nSPS) is 9.93. The summed E-state index contributed by atoms with van der Waals surface area (Å²) in [4.78, 5) is 0. The molecule has 4 rings (SSSR count). The largest absolute Gasteiger partial charge is 0.101 e. The average Bonchev–Trinajstić information content (AvgIpc) is 2.74. The molecule has 0 fully saturated rings. The lowest BCUT2D eigenvalue weighted by Gasteiger charge is -2.16. The van der Waals surface area contributed by atoms with Gasteiger partial charge in [-0.25, -0.2) is 0 Å². The molecule has 0 unspecified atom stereocenters. The third-order valence-electron chi connectivity index (χ3n) is 4.86. The summed E-state index contributed by atoms with van der Waals surface area (Å²) in [5, 5.41) is 2.46. The highest BCUT2D eigenvalue weighted by atomic mass is 14.2. The first-order chi connectivity index (χ1) is 13.8. The van der Waals surface area contributed by atoms with Crippen LogP contribution in [0.25, 0.3) is 33.0 Å². The SMILES string of the molecule is CC#Cc1ccccc1-c1cccc(C#CC)c1-c1cccc2ccccc12. The minimum atomic E-state index is 1.04. The van der Waals surface area contributed by atoms with Crippen LogP contribution >= 0.6 is 0 Å². The highest BCUT2D eigenvalue weighted by Crippen LogP contribution is 2.39. The van der Waals surface area contributed by atoms with Gasteiger partial charge in [-0.2, -0.15) is 0 Å². The van der Waals surface area contributed by atoms with E-state index in [0.717, 1.165) is 22.3 Å². The molecule has 0 aliphatic rings. The first-order valence-corrected chi connectivity index (χ1v) is 9.39. The van der Waals surface area contributed by atoms with E-state index in [1.54, 1.807) is 0 Å². The molecule has 0 saturated heterocycles. The zero-order valence-electron chi connectivity index (χ0n) is 16.1. The molecule has 0 aliphatic carbocycles. The third kappa shape index (κ3) is 3.18. The van der Waals surface area contributed by atoms with Crippen molar-refractivity contribution in [1.82, 2.24) is 0 Å². The van der Waals surface area contributed by atoms with Gasteiger partial charge in [0.25, 0.3) is 0 Å². The Hall–Kier alpha value is -3.74. The summed E-state index contributed by atoms with van der Waals surface area (Å²) in [6.45, 7) is 3.76. The maximum absolute atomic E-state index is 3.31. The molecule has 0 radical (unpaired) electrons. The van der Waals surface area contributed by atoms with Gasteiger partial charge < -0.3 is 0 Å². The molecule has 0 aromatic heterocycles. The van der Waals surface area contributed by atoms with Gasteiger partial charge in [-0.3, -0.25) is 0 Å². The first kappa shape index (κ1) is 17.7. The van der Waals surface area contributed by atoms with Crippen molar-refractivity contribution in [2.45, 2.75) is 13.8 Å². The highest BCUT2D eigenvalue weighted by molar-refractivity contribution is 6.02. The molecule has 0 amide bonds. The van der Waals surface area contributed by atoms with Crippen molar-refractivity contribution in [2.24, 2.45) is 0 Å². The maximum atomic E-state index is 3.31. The zero-order chi connectivity index (χ0) is 19.3. The molecule has 4 aromatic rings. The Bertz CT molecular complexity index is 1280. The Morgan fingerprint density at radius 3 is 1.93 bits per heavy atom. The molecule has 0 bridgehead atoms. The fourth-order valence-corrected chi connectivity index (χ4v) is 3.71. The second-order valence-corrected chi connectivity index (χ2v) is 6.55. The minimum absolute atomic E-state index is 1.04.